The average Bonchev–Trinajstić information content (AvgIpc) is 2.83. The fraction of sp³-hybridized carbons (Fsp3) is 0.727. The molecule has 2 atom stereocenters. The Kier molecular flexibility index (Phi) is 3.52. The topological polar surface area (TPSA) is 75.7 Å². The fourth-order valence-electron chi connectivity index (χ4n) is 2.36. The second-order valence-electron chi connectivity index (χ2n) is 4.56. The lowest BCUT2D eigenvalue weighted by molar-refractivity contribution is -0.142. The first kappa shape index (κ1) is 13.2. The van der Waals surface area contributed by atoms with Crippen LogP contribution in [0.1, 0.15) is 19.8 Å². The summed E-state index contributed by atoms with van der Waals surface area (Å²) in [5.74, 6) is -0.188. The van der Waals surface area contributed by atoms with E-state index in [1.165, 1.54) is 7.11 Å². The number of hydrogen-bond donors (Lipinski definition) is 1. The number of nitrogens with one attached hydrogen (secondary N) is 1. The third-order valence-electron chi connectivity index (χ3n) is 3.38. The molecule has 2 rings (SSSR count). The smallest absolute Gasteiger partial charge is 0.325 e. The maximum absolute atomic E-state index is 12.0. The lowest BCUT2D eigenvalue weighted by atomic mass is 10.2. The van der Waals surface area contributed by atoms with Crippen LogP contribution in [0.15, 0.2) is 0 Å². The van der Waals surface area contributed by atoms with E-state index in [0.29, 0.717) is 12.2 Å². The van der Waals surface area contributed by atoms with Gasteiger partial charge in [-0.05, 0) is 13.3 Å². The normalized spacial score (nSPS) is 30.2. The second kappa shape index (κ2) is 4.79. The molecule has 6 nitrogen and oxygen atoms in total. The molecule has 2 unspecified atom stereocenters. The maximum Gasteiger partial charge on any atom is 0.325 e. The molecule has 0 bridgehead atoms. The van der Waals surface area contributed by atoms with Crippen LogP contribution in [0.3, 0.4) is 0 Å². The van der Waals surface area contributed by atoms with Crippen molar-refractivity contribution in [3.63, 3.8) is 0 Å². The molecular weight excluding hydrogens is 256 g/mol. The highest BCUT2D eigenvalue weighted by Gasteiger charge is 2.52. The summed E-state index contributed by atoms with van der Waals surface area (Å²) < 4.78 is 4.45. The quantitative estimate of drug-likeness (QED) is 0.716. The minimum atomic E-state index is -0.496. The monoisotopic (exact) mass is 272 g/mol. The minimum absolute atomic E-state index is 0.0146. The molecule has 0 saturated carbocycles. The van der Waals surface area contributed by atoms with E-state index in [-0.39, 0.29) is 23.2 Å². The Morgan fingerprint density at radius 1 is 1.61 bits per heavy atom. The van der Waals surface area contributed by atoms with Gasteiger partial charge in [0.2, 0.25) is 11.8 Å². The Hall–Kier alpha value is -1.24. The molecule has 2 amide bonds. The second-order valence-corrected chi connectivity index (χ2v) is 6.06. The van der Waals surface area contributed by atoms with E-state index in [1.807, 2.05) is 6.92 Å². The summed E-state index contributed by atoms with van der Waals surface area (Å²) in [4.78, 5) is 36.1. The van der Waals surface area contributed by atoms with Gasteiger partial charge in [0.15, 0.2) is 0 Å². The summed E-state index contributed by atoms with van der Waals surface area (Å²) in [6, 6.07) is -0.473. The predicted molar refractivity (Wildman–Crippen MR) is 65.8 cm³/mol. The van der Waals surface area contributed by atoms with Gasteiger partial charge in [-0.3, -0.25) is 14.4 Å². The zero-order chi connectivity index (χ0) is 13.3. The van der Waals surface area contributed by atoms with Gasteiger partial charge in [0.25, 0.3) is 0 Å². The molecule has 0 aromatic rings. The fourth-order valence-corrected chi connectivity index (χ4v) is 3.80. The van der Waals surface area contributed by atoms with Crippen LogP contribution in [0.4, 0.5) is 0 Å². The first-order chi connectivity index (χ1) is 8.48. The third-order valence-corrected chi connectivity index (χ3v) is 4.89. The Morgan fingerprint density at radius 3 is 3.00 bits per heavy atom. The number of rotatable bonds is 3. The molecule has 18 heavy (non-hydrogen) atoms. The van der Waals surface area contributed by atoms with Gasteiger partial charge >= 0.3 is 5.97 Å². The number of esters is 1. The van der Waals surface area contributed by atoms with Crippen LogP contribution in [0.2, 0.25) is 0 Å². The van der Waals surface area contributed by atoms with E-state index in [1.54, 1.807) is 16.7 Å². The molecule has 2 heterocycles. The molecule has 2 aliphatic rings. The van der Waals surface area contributed by atoms with Crippen molar-refractivity contribution in [3.05, 3.63) is 0 Å². The molecule has 1 N–H and O–H groups in total. The van der Waals surface area contributed by atoms with E-state index < -0.39 is 12.0 Å². The van der Waals surface area contributed by atoms with E-state index in [0.717, 1.165) is 6.42 Å². The summed E-state index contributed by atoms with van der Waals surface area (Å²) >= 11 is 1.62. The highest BCUT2D eigenvalue weighted by atomic mass is 32.2. The van der Waals surface area contributed by atoms with Gasteiger partial charge in [0, 0.05) is 12.2 Å². The van der Waals surface area contributed by atoms with Crippen molar-refractivity contribution in [2.24, 2.45) is 0 Å². The van der Waals surface area contributed by atoms with Crippen molar-refractivity contribution >= 4 is 29.5 Å². The Labute approximate surface area is 109 Å². The number of carbonyl (C=O) groups excluding carboxylic acids is 3. The average molecular weight is 272 g/mol. The Morgan fingerprint density at radius 2 is 2.33 bits per heavy atom. The zero-order valence-electron chi connectivity index (χ0n) is 10.4. The number of amides is 2. The molecule has 0 aliphatic carbocycles. The number of hydrogen-bond acceptors (Lipinski definition) is 5. The summed E-state index contributed by atoms with van der Waals surface area (Å²) in [5, 5.41) is 2.50. The van der Waals surface area contributed by atoms with Crippen LogP contribution in [-0.2, 0) is 19.1 Å². The van der Waals surface area contributed by atoms with E-state index in [4.69, 9.17) is 0 Å². The third kappa shape index (κ3) is 2.19. The largest absolute Gasteiger partial charge is 0.468 e. The summed E-state index contributed by atoms with van der Waals surface area (Å²) in [7, 11) is 1.26. The number of fused-ring (bicyclic) bond motifs is 1. The van der Waals surface area contributed by atoms with Crippen LogP contribution in [0.5, 0.6) is 0 Å². The number of ether oxygens (including phenoxy) is 1. The molecule has 2 aliphatic heterocycles. The number of thioether (sulfide) groups is 1. The standard InChI is InChI=1S/C11H16N2O4S/c1-11-4-3-8(14)13(11)7(6-18-11)10(16)12-5-9(15)17-2/h7H,3-6H2,1-2H3,(H,12,16). The molecule has 7 heteroatoms. The number of methoxy groups -OCH3 is 1. The zero-order valence-corrected chi connectivity index (χ0v) is 11.2. The molecule has 0 spiro atoms. The van der Waals surface area contributed by atoms with Crippen molar-refractivity contribution in [3.8, 4) is 0 Å². The van der Waals surface area contributed by atoms with Crippen LogP contribution in [0.25, 0.3) is 0 Å². The lowest BCUT2D eigenvalue weighted by Crippen LogP contribution is -2.50. The predicted octanol–water partition coefficient (Wildman–Crippen LogP) is -0.270. The molecule has 2 fully saturated rings. The van der Waals surface area contributed by atoms with Gasteiger partial charge in [-0.15, -0.1) is 11.8 Å². The van der Waals surface area contributed by atoms with E-state index in [9.17, 15) is 14.4 Å². The summed E-state index contributed by atoms with van der Waals surface area (Å²) in [6.45, 7) is 1.82. The SMILES string of the molecule is COC(=O)CNC(=O)C1CSC2(C)CCC(=O)N12. The van der Waals surface area contributed by atoms with Crippen LogP contribution >= 0.6 is 11.8 Å². The van der Waals surface area contributed by atoms with Gasteiger partial charge < -0.3 is 15.0 Å². The van der Waals surface area contributed by atoms with Gasteiger partial charge in [-0.1, -0.05) is 0 Å². The van der Waals surface area contributed by atoms with Crippen molar-refractivity contribution in [1.29, 1.82) is 0 Å². The van der Waals surface area contributed by atoms with Gasteiger partial charge in [-0.2, -0.15) is 0 Å². The van der Waals surface area contributed by atoms with Crippen molar-refractivity contribution < 1.29 is 19.1 Å². The van der Waals surface area contributed by atoms with E-state index >= 15 is 0 Å². The number of carbonyl (C=O) groups is 3. The molecular formula is C11H16N2O4S. The minimum Gasteiger partial charge on any atom is -0.468 e. The molecule has 0 aromatic carbocycles. The van der Waals surface area contributed by atoms with Gasteiger partial charge in [-0.25, -0.2) is 0 Å². The number of nitrogens with zero attached hydrogens (tertiary/aromatic N) is 1. The van der Waals surface area contributed by atoms with Crippen molar-refractivity contribution in [2.75, 3.05) is 19.4 Å². The Bertz CT molecular complexity index is 401. The van der Waals surface area contributed by atoms with Crippen LogP contribution in [0, 0.1) is 0 Å². The van der Waals surface area contributed by atoms with Crippen molar-refractivity contribution in [2.45, 2.75) is 30.7 Å². The molecule has 100 valence electrons. The summed E-state index contributed by atoms with van der Waals surface area (Å²) in [6.07, 6.45) is 1.27. The lowest BCUT2D eigenvalue weighted by Gasteiger charge is -2.29. The molecule has 0 radical (unpaired) electrons. The highest BCUT2D eigenvalue weighted by molar-refractivity contribution is 8.01. The summed E-state index contributed by atoms with van der Waals surface area (Å²) in [5.41, 5.74) is 0. The first-order valence-corrected chi connectivity index (χ1v) is 6.77. The Balaban J connectivity index is 1.99. The van der Waals surface area contributed by atoms with Gasteiger partial charge in [0.1, 0.15) is 12.6 Å². The van der Waals surface area contributed by atoms with Crippen LogP contribution < -0.4 is 5.32 Å². The maximum atomic E-state index is 12.0. The highest BCUT2D eigenvalue weighted by Crippen LogP contribution is 2.47. The molecule has 2 saturated heterocycles. The first-order valence-electron chi connectivity index (χ1n) is 5.78. The van der Waals surface area contributed by atoms with E-state index in [2.05, 4.69) is 10.1 Å². The van der Waals surface area contributed by atoms with Crippen LogP contribution in [-0.4, -0.2) is 53.0 Å². The van der Waals surface area contributed by atoms with Gasteiger partial charge in [0.05, 0.1) is 12.0 Å². The van der Waals surface area contributed by atoms with Crippen molar-refractivity contribution in [1.82, 2.24) is 10.2 Å². The molecule has 0 aromatic heterocycles.